The lowest BCUT2D eigenvalue weighted by Crippen LogP contribution is -2.37. The zero-order valence-corrected chi connectivity index (χ0v) is 15.1. The third kappa shape index (κ3) is 3.54. The average Bonchev–Trinajstić information content (AvgIpc) is 3.09. The minimum absolute atomic E-state index is 0.0352. The summed E-state index contributed by atoms with van der Waals surface area (Å²) < 4.78 is 7.78. The molecule has 0 saturated carbocycles. The number of non-ortho nitro benzene ring substituents is 1. The molecule has 0 amide bonds. The van der Waals surface area contributed by atoms with Crippen LogP contribution in [0.1, 0.15) is 12.5 Å². The van der Waals surface area contributed by atoms with Crippen molar-refractivity contribution in [1.82, 2.24) is 15.0 Å². The molecular weight excluding hydrogens is 368 g/mol. The highest BCUT2D eigenvalue weighted by Crippen LogP contribution is 2.34. The second-order valence-electron chi connectivity index (χ2n) is 6.54. The summed E-state index contributed by atoms with van der Waals surface area (Å²) in [6.45, 7) is 2.36. The number of benzene rings is 2. The highest BCUT2D eigenvalue weighted by molar-refractivity contribution is 6.30. The van der Waals surface area contributed by atoms with Gasteiger partial charge >= 0.3 is 0 Å². The molecule has 1 atom stereocenters. The van der Waals surface area contributed by atoms with Gasteiger partial charge in [-0.2, -0.15) is 0 Å². The van der Waals surface area contributed by atoms with E-state index in [2.05, 4.69) is 10.3 Å². The molecule has 0 spiro atoms. The van der Waals surface area contributed by atoms with Gasteiger partial charge in [0.05, 0.1) is 17.7 Å². The molecule has 1 unspecified atom stereocenters. The SMILES string of the molecule is CC1(Cn2cc(-c3cccc(Cl)c3)nn2)C=Cc2cc([N+](=O)[O-])ccc2O1. The van der Waals surface area contributed by atoms with Crippen LogP contribution in [-0.4, -0.2) is 25.5 Å². The number of hydrogen-bond donors (Lipinski definition) is 0. The Labute approximate surface area is 160 Å². The smallest absolute Gasteiger partial charge is 0.270 e. The van der Waals surface area contributed by atoms with Gasteiger partial charge in [-0.25, -0.2) is 4.68 Å². The van der Waals surface area contributed by atoms with Crippen LogP contribution in [0.15, 0.2) is 54.7 Å². The Bertz CT molecular complexity index is 1060. The van der Waals surface area contributed by atoms with E-state index in [9.17, 15) is 10.1 Å². The van der Waals surface area contributed by atoms with E-state index in [4.69, 9.17) is 16.3 Å². The van der Waals surface area contributed by atoms with Crippen LogP contribution in [0.4, 0.5) is 5.69 Å². The Morgan fingerprint density at radius 3 is 2.93 bits per heavy atom. The molecule has 0 aliphatic carbocycles. The maximum Gasteiger partial charge on any atom is 0.270 e. The molecule has 4 rings (SSSR count). The predicted octanol–water partition coefficient (Wildman–Crippen LogP) is 4.37. The van der Waals surface area contributed by atoms with Crippen molar-refractivity contribution in [1.29, 1.82) is 0 Å². The van der Waals surface area contributed by atoms with E-state index in [1.807, 2.05) is 43.5 Å². The van der Waals surface area contributed by atoms with Crippen LogP contribution in [0.25, 0.3) is 17.3 Å². The van der Waals surface area contributed by atoms with Gasteiger partial charge in [0.15, 0.2) is 0 Å². The van der Waals surface area contributed by atoms with Crippen LogP contribution in [-0.2, 0) is 6.54 Å². The highest BCUT2D eigenvalue weighted by atomic mass is 35.5. The third-order valence-corrected chi connectivity index (χ3v) is 4.53. The summed E-state index contributed by atoms with van der Waals surface area (Å²) in [5.74, 6) is 0.598. The molecular formula is C19H15ClN4O3. The molecule has 136 valence electrons. The fourth-order valence-corrected chi connectivity index (χ4v) is 3.18. The van der Waals surface area contributed by atoms with Crippen molar-refractivity contribution >= 4 is 23.4 Å². The van der Waals surface area contributed by atoms with Crippen LogP contribution in [0.2, 0.25) is 5.02 Å². The van der Waals surface area contributed by atoms with E-state index in [0.29, 0.717) is 22.9 Å². The lowest BCUT2D eigenvalue weighted by Gasteiger charge is -2.31. The Hall–Kier alpha value is -3.19. The molecule has 0 radical (unpaired) electrons. The first-order valence-corrected chi connectivity index (χ1v) is 8.62. The monoisotopic (exact) mass is 382 g/mol. The van der Waals surface area contributed by atoms with Crippen molar-refractivity contribution in [2.24, 2.45) is 0 Å². The number of nitrogens with zero attached hydrogens (tertiary/aromatic N) is 4. The van der Waals surface area contributed by atoms with Crippen molar-refractivity contribution in [2.45, 2.75) is 19.1 Å². The molecule has 1 aliphatic rings. The number of nitro benzene ring substituents is 1. The van der Waals surface area contributed by atoms with Crippen LogP contribution in [0, 0.1) is 10.1 Å². The minimum atomic E-state index is -0.650. The van der Waals surface area contributed by atoms with E-state index >= 15 is 0 Å². The van der Waals surface area contributed by atoms with Gasteiger partial charge in [0.1, 0.15) is 17.0 Å². The number of fused-ring (bicyclic) bond motifs is 1. The predicted molar refractivity (Wildman–Crippen MR) is 102 cm³/mol. The van der Waals surface area contributed by atoms with E-state index in [-0.39, 0.29) is 5.69 Å². The number of rotatable bonds is 4. The average molecular weight is 383 g/mol. The van der Waals surface area contributed by atoms with E-state index < -0.39 is 10.5 Å². The molecule has 0 fully saturated rings. The molecule has 1 aliphatic heterocycles. The lowest BCUT2D eigenvalue weighted by atomic mass is 10.00. The summed E-state index contributed by atoms with van der Waals surface area (Å²) in [5, 5.41) is 19.9. The summed E-state index contributed by atoms with van der Waals surface area (Å²) in [5.41, 5.74) is 1.67. The topological polar surface area (TPSA) is 83.1 Å². The first-order valence-electron chi connectivity index (χ1n) is 8.25. The van der Waals surface area contributed by atoms with Crippen LogP contribution >= 0.6 is 11.6 Å². The zero-order chi connectivity index (χ0) is 19.0. The Balaban J connectivity index is 1.55. The maximum absolute atomic E-state index is 10.9. The number of halogens is 1. The lowest BCUT2D eigenvalue weighted by molar-refractivity contribution is -0.384. The van der Waals surface area contributed by atoms with Gasteiger partial charge in [-0.05, 0) is 31.2 Å². The molecule has 3 aromatic rings. The van der Waals surface area contributed by atoms with Crippen molar-refractivity contribution in [3.8, 4) is 17.0 Å². The second-order valence-corrected chi connectivity index (χ2v) is 6.98. The van der Waals surface area contributed by atoms with Gasteiger partial charge in [0.25, 0.3) is 5.69 Å². The quantitative estimate of drug-likeness (QED) is 0.494. The molecule has 0 saturated heterocycles. The van der Waals surface area contributed by atoms with Gasteiger partial charge in [0.2, 0.25) is 0 Å². The maximum atomic E-state index is 10.9. The van der Waals surface area contributed by atoms with Crippen LogP contribution in [0.5, 0.6) is 5.75 Å². The second kappa shape index (κ2) is 6.51. The molecule has 2 aromatic carbocycles. The highest BCUT2D eigenvalue weighted by Gasteiger charge is 2.29. The Morgan fingerprint density at radius 2 is 2.15 bits per heavy atom. The standard InChI is InChI=1S/C19H15ClN4O3/c1-19(8-7-14-10-16(24(25)26)5-6-18(14)27-19)12-23-11-17(21-22-23)13-3-2-4-15(20)9-13/h2-11H,12H2,1H3. The Kier molecular flexibility index (Phi) is 4.16. The van der Waals surface area contributed by atoms with Crippen LogP contribution in [0.3, 0.4) is 0 Å². The first-order chi connectivity index (χ1) is 12.9. The van der Waals surface area contributed by atoms with E-state index in [1.165, 1.54) is 12.1 Å². The summed E-state index contributed by atoms with van der Waals surface area (Å²) >= 11 is 6.03. The number of aromatic nitrogens is 3. The van der Waals surface area contributed by atoms with Gasteiger partial charge in [0, 0.05) is 28.3 Å². The molecule has 8 heteroatoms. The van der Waals surface area contributed by atoms with Crippen molar-refractivity contribution in [3.63, 3.8) is 0 Å². The molecule has 1 aromatic heterocycles. The first kappa shape index (κ1) is 17.2. The van der Waals surface area contributed by atoms with Gasteiger partial charge in [-0.15, -0.1) is 5.10 Å². The molecule has 7 nitrogen and oxygen atoms in total. The summed E-state index contributed by atoms with van der Waals surface area (Å²) in [7, 11) is 0. The normalized spacial score (nSPS) is 18.0. The summed E-state index contributed by atoms with van der Waals surface area (Å²) in [6, 6.07) is 12.0. The molecule has 27 heavy (non-hydrogen) atoms. The number of hydrogen-bond acceptors (Lipinski definition) is 5. The largest absolute Gasteiger partial charge is 0.481 e. The van der Waals surface area contributed by atoms with Crippen molar-refractivity contribution < 1.29 is 9.66 Å². The van der Waals surface area contributed by atoms with E-state index in [0.717, 1.165) is 11.3 Å². The fraction of sp³-hybridized carbons (Fsp3) is 0.158. The zero-order valence-electron chi connectivity index (χ0n) is 14.4. The third-order valence-electron chi connectivity index (χ3n) is 4.30. The van der Waals surface area contributed by atoms with Crippen LogP contribution < -0.4 is 4.74 Å². The van der Waals surface area contributed by atoms with Crippen molar-refractivity contribution in [2.75, 3.05) is 0 Å². The molecule has 2 heterocycles. The summed E-state index contributed by atoms with van der Waals surface area (Å²) in [4.78, 5) is 10.5. The molecule has 0 bridgehead atoms. The van der Waals surface area contributed by atoms with Crippen molar-refractivity contribution in [3.05, 3.63) is 75.4 Å². The van der Waals surface area contributed by atoms with Gasteiger partial charge < -0.3 is 4.74 Å². The number of nitro groups is 1. The minimum Gasteiger partial charge on any atom is -0.481 e. The summed E-state index contributed by atoms with van der Waals surface area (Å²) in [6.07, 6.45) is 5.54. The molecule has 0 N–H and O–H groups in total. The van der Waals surface area contributed by atoms with Gasteiger partial charge in [-0.3, -0.25) is 10.1 Å². The van der Waals surface area contributed by atoms with E-state index in [1.54, 1.807) is 16.8 Å². The number of ether oxygens (including phenoxy) is 1. The fourth-order valence-electron chi connectivity index (χ4n) is 2.99. The Morgan fingerprint density at radius 1 is 1.30 bits per heavy atom. The van der Waals surface area contributed by atoms with Gasteiger partial charge in [-0.1, -0.05) is 35.0 Å².